The van der Waals surface area contributed by atoms with Crippen LogP contribution in [0.1, 0.15) is 21.6 Å². The van der Waals surface area contributed by atoms with Crippen LogP contribution in [0.2, 0.25) is 0 Å². The summed E-state index contributed by atoms with van der Waals surface area (Å²) in [5.41, 5.74) is 2.34. The van der Waals surface area contributed by atoms with Gasteiger partial charge in [0.15, 0.2) is 11.5 Å². The van der Waals surface area contributed by atoms with Crippen molar-refractivity contribution in [2.24, 2.45) is 0 Å². The third-order valence-electron chi connectivity index (χ3n) is 3.63. The summed E-state index contributed by atoms with van der Waals surface area (Å²) in [7, 11) is -2.50. The van der Waals surface area contributed by atoms with Gasteiger partial charge in [0.1, 0.15) is 4.21 Å². The largest absolute Gasteiger partial charge is 0.464 e. The second kappa shape index (κ2) is 6.93. The Morgan fingerprint density at radius 1 is 1.19 bits per heavy atom. The van der Waals surface area contributed by atoms with Crippen LogP contribution in [0, 0.1) is 13.8 Å². The van der Waals surface area contributed by atoms with Crippen molar-refractivity contribution in [1.82, 2.24) is 5.16 Å². The lowest BCUT2D eigenvalue weighted by Gasteiger charge is -2.10. The molecule has 0 aliphatic heterocycles. The van der Waals surface area contributed by atoms with Gasteiger partial charge in [-0.3, -0.25) is 4.72 Å². The highest BCUT2D eigenvalue weighted by atomic mass is 32.2. The van der Waals surface area contributed by atoms with Crippen LogP contribution in [-0.4, -0.2) is 26.7 Å². The number of methoxy groups -OCH3 is 1. The zero-order valence-corrected chi connectivity index (χ0v) is 15.9. The molecule has 136 valence electrons. The number of ether oxygens (including phenoxy) is 1. The van der Waals surface area contributed by atoms with Gasteiger partial charge in [-0.05, 0) is 43.2 Å². The summed E-state index contributed by atoms with van der Waals surface area (Å²) in [6.07, 6.45) is 0. The van der Waals surface area contributed by atoms with E-state index in [1.807, 2.05) is 26.0 Å². The minimum Gasteiger partial charge on any atom is -0.464 e. The Morgan fingerprint density at radius 3 is 2.69 bits per heavy atom. The first-order chi connectivity index (χ1) is 12.3. The Balaban J connectivity index is 1.87. The number of nitrogens with one attached hydrogen (secondary N) is 1. The van der Waals surface area contributed by atoms with Crippen molar-refractivity contribution in [1.29, 1.82) is 0 Å². The van der Waals surface area contributed by atoms with E-state index >= 15 is 0 Å². The summed E-state index contributed by atoms with van der Waals surface area (Å²) in [4.78, 5) is 12.0. The molecule has 0 spiro atoms. The quantitative estimate of drug-likeness (QED) is 0.666. The van der Waals surface area contributed by atoms with Crippen molar-refractivity contribution in [3.63, 3.8) is 0 Å². The molecule has 0 saturated carbocycles. The zero-order valence-electron chi connectivity index (χ0n) is 14.3. The number of carbonyl (C=O) groups is 1. The fourth-order valence-electron chi connectivity index (χ4n) is 2.23. The summed E-state index contributed by atoms with van der Waals surface area (Å²) in [5, 5.41) is 3.62. The summed E-state index contributed by atoms with van der Waals surface area (Å²) in [6.45, 7) is 3.73. The average Bonchev–Trinajstić information content (AvgIpc) is 3.26. The van der Waals surface area contributed by atoms with Gasteiger partial charge in [-0.15, -0.1) is 11.3 Å². The summed E-state index contributed by atoms with van der Waals surface area (Å²) in [5.74, 6) is -0.329. The monoisotopic (exact) mass is 392 g/mol. The fraction of sp³-hybridized carbons (Fsp3) is 0.176. The smallest absolute Gasteiger partial charge is 0.360 e. The second-order valence-corrected chi connectivity index (χ2v) is 8.60. The van der Waals surface area contributed by atoms with Crippen LogP contribution in [0.4, 0.5) is 5.69 Å². The molecule has 2 heterocycles. The van der Waals surface area contributed by atoms with Crippen LogP contribution in [0.15, 0.2) is 45.1 Å². The molecule has 9 heteroatoms. The van der Waals surface area contributed by atoms with Crippen LogP contribution in [-0.2, 0) is 14.8 Å². The zero-order chi connectivity index (χ0) is 18.9. The molecule has 0 radical (unpaired) electrons. The maximum absolute atomic E-state index is 12.6. The minimum atomic E-state index is -3.74. The Kier molecular flexibility index (Phi) is 4.84. The van der Waals surface area contributed by atoms with E-state index in [1.54, 1.807) is 12.1 Å². The number of aromatic nitrogens is 1. The number of aryl methyl sites for hydroxylation is 2. The first-order valence-electron chi connectivity index (χ1n) is 7.55. The highest BCUT2D eigenvalue weighted by molar-refractivity contribution is 7.94. The first-order valence-corrected chi connectivity index (χ1v) is 9.85. The van der Waals surface area contributed by atoms with Crippen molar-refractivity contribution < 1.29 is 22.5 Å². The van der Waals surface area contributed by atoms with E-state index in [2.05, 4.69) is 14.6 Å². The molecule has 0 fully saturated rings. The van der Waals surface area contributed by atoms with E-state index in [4.69, 9.17) is 4.52 Å². The highest BCUT2D eigenvalue weighted by Gasteiger charge is 2.21. The lowest BCUT2D eigenvalue weighted by atomic mass is 10.1. The van der Waals surface area contributed by atoms with E-state index in [-0.39, 0.29) is 9.90 Å². The van der Waals surface area contributed by atoms with Crippen molar-refractivity contribution in [3.8, 4) is 10.6 Å². The maximum Gasteiger partial charge on any atom is 0.360 e. The molecule has 1 aromatic carbocycles. The Morgan fingerprint density at radius 2 is 1.96 bits per heavy atom. The molecule has 3 rings (SSSR count). The number of anilines is 1. The molecule has 0 atom stereocenters. The number of hydrogen-bond donors (Lipinski definition) is 1. The number of hydrogen-bond acceptors (Lipinski definition) is 7. The molecule has 0 unspecified atom stereocenters. The SMILES string of the molecule is COC(=O)c1cc(-c2ccc(S(=O)(=O)Nc3cc(C)ccc3C)s2)on1. The van der Waals surface area contributed by atoms with Gasteiger partial charge in [0.05, 0.1) is 17.7 Å². The molecule has 0 aliphatic carbocycles. The molecule has 7 nitrogen and oxygen atoms in total. The summed E-state index contributed by atoms with van der Waals surface area (Å²) < 4.78 is 37.7. The van der Waals surface area contributed by atoms with Crippen molar-refractivity contribution in [2.75, 3.05) is 11.8 Å². The predicted octanol–water partition coefficient (Wildman–Crippen LogP) is 3.61. The van der Waals surface area contributed by atoms with E-state index in [9.17, 15) is 13.2 Å². The summed E-state index contributed by atoms with van der Waals surface area (Å²) in [6, 6.07) is 10.0. The topological polar surface area (TPSA) is 98.5 Å². The van der Waals surface area contributed by atoms with Gasteiger partial charge in [0.2, 0.25) is 0 Å². The van der Waals surface area contributed by atoms with E-state index < -0.39 is 16.0 Å². The predicted molar refractivity (Wildman–Crippen MR) is 97.9 cm³/mol. The van der Waals surface area contributed by atoms with Crippen LogP contribution in [0.25, 0.3) is 10.6 Å². The van der Waals surface area contributed by atoms with Crippen molar-refractivity contribution >= 4 is 33.0 Å². The number of benzene rings is 1. The molecule has 0 saturated heterocycles. The molecular formula is C17H16N2O5S2. The number of thiophene rings is 1. The fourth-order valence-corrected chi connectivity index (χ4v) is 4.61. The number of carbonyl (C=O) groups excluding carboxylic acids is 1. The first kappa shape index (κ1) is 18.2. The molecule has 2 aromatic heterocycles. The van der Waals surface area contributed by atoms with Crippen molar-refractivity contribution in [3.05, 3.63) is 53.2 Å². The normalized spacial score (nSPS) is 11.3. The molecule has 0 amide bonds. The third-order valence-corrected chi connectivity index (χ3v) is 6.59. The number of sulfonamides is 1. The molecule has 1 N–H and O–H groups in total. The number of nitrogens with zero attached hydrogens (tertiary/aromatic N) is 1. The van der Waals surface area contributed by atoms with Gasteiger partial charge in [0.25, 0.3) is 10.0 Å². The molecule has 0 bridgehead atoms. The highest BCUT2D eigenvalue weighted by Crippen LogP contribution is 2.32. The van der Waals surface area contributed by atoms with E-state index in [1.165, 1.54) is 19.2 Å². The van der Waals surface area contributed by atoms with E-state index in [0.29, 0.717) is 16.3 Å². The maximum atomic E-state index is 12.6. The van der Waals surface area contributed by atoms with Gasteiger partial charge in [-0.25, -0.2) is 13.2 Å². The lowest BCUT2D eigenvalue weighted by Crippen LogP contribution is -2.12. The third kappa shape index (κ3) is 3.63. The second-order valence-electron chi connectivity index (χ2n) is 5.61. The standard InChI is InChI=1S/C17H16N2O5S2/c1-10-4-5-11(2)12(8-10)19-26(21,22)16-7-6-15(25-16)14-9-13(18-24-14)17(20)23-3/h4-9,19H,1-3H3. The lowest BCUT2D eigenvalue weighted by molar-refractivity contribution is 0.0589. The Bertz CT molecular complexity index is 1070. The van der Waals surface area contributed by atoms with Crippen molar-refractivity contribution in [2.45, 2.75) is 18.1 Å². The Labute approximate surface area is 154 Å². The van der Waals surface area contributed by atoms with Gasteiger partial charge in [-0.2, -0.15) is 0 Å². The van der Waals surface area contributed by atoms with Gasteiger partial charge < -0.3 is 9.26 Å². The minimum absolute atomic E-state index is 0.0221. The molecular weight excluding hydrogens is 376 g/mol. The van der Waals surface area contributed by atoms with Gasteiger partial charge >= 0.3 is 5.97 Å². The molecule has 26 heavy (non-hydrogen) atoms. The van der Waals surface area contributed by atoms with Gasteiger partial charge in [-0.1, -0.05) is 17.3 Å². The number of esters is 1. The van der Waals surface area contributed by atoms with Crippen LogP contribution >= 0.6 is 11.3 Å². The molecule has 0 aliphatic rings. The summed E-state index contributed by atoms with van der Waals surface area (Å²) >= 11 is 1.02. The Hall–Kier alpha value is -2.65. The van der Waals surface area contributed by atoms with Crippen LogP contribution in [0.3, 0.4) is 0 Å². The number of rotatable bonds is 5. The van der Waals surface area contributed by atoms with Crippen LogP contribution in [0.5, 0.6) is 0 Å². The van der Waals surface area contributed by atoms with E-state index in [0.717, 1.165) is 22.5 Å². The molecule has 3 aromatic rings. The van der Waals surface area contributed by atoms with Gasteiger partial charge in [0, 0.05) is 6.07 Å². The van der Waals surface area contributed by atoms with Crippen LogP contribution < -0.4 is 4.72 Å². The average molecular weight is 392 g/mol.